The van der Waals surface area contributed by atoms with Crippen molar-refractivity contribution in [1.82, 2.24) is 10.6 Å². The Labute approximate surface area is 253 Å². The molecule has 4 N–H and O–H groups in total. The Morgan fingerprint density at radius 2 is 1.86 bits per heavy atom. The van der Waals surface area contributed by atoms with Crippen LogP contribution in [-0.2, 0) is 28.6 Å². The second-order valence-electron chi connectivity index (χ2n) is 10.9. The first kappa shape index (κ1) is 36.2. The number of methoxy groups -OCH3 is 1. The molecule has 1 aliphatic rings. The third-order valence-electron chi connectivity index (χ3n) is 6.03. The van der Waals surface area contributed by atoms with E-state index in [9.17, 15) is 19.2 Å². The number of cyclic esters (lactones) is 1. The zero-order valence-electron chi connectivity index (χ0n) is 25.4. The standard InChI is InChI=1S/C31H44ClN3O7/c1-20(19-21(2)24-16-17-25(40-7)29(38)42-24)11-8-9-13-26(36)35-27(31(4,5)6)28(37)34-18-10-12-23(41-30(33)39)15-14-22(3)32/h8-11,13-15,17-19,21-24,27H,12,16H2,1-7H3,(H2,33,39)(H,34,37)(H,35,36)/b11-8-,13-9-,15-14+,18-10+,20-19+. The van der Waals surface area contributed by atoms with E-state index >= 15 is 0 Å². The number of nitrogens with two attached hydrogens (primary N) is 1. The van der Waals surface area contributed by atoms with Gasteiger partial charge in [-0.3, -0.25) is 9.59 Å². The van der Waals surface area contributed by atoms with Gasteiger partial charge in [-0.2, -0.15) is 0 Å². The van der Waals surface area contributed by atoms with E-state index in [4.69, 9.17) is 31.5 Å². The van der Waals surface area contributed by atoms with Crippen molar-refractivity contribution in [1.29, 1.82) is 0 Å². The number of esters is 1. The second kappa shape index (κ2) is 17.9. The van der Waals surface area contributed by atoms with Crippen LogP contribution >= 0.6 is 11.6 Å². The molecule has 5 atom stereocenters. The molecule has 5 unspecified atom stereocenters. The molecule has 0 aliphatic carbocycles. The van der Waals surface area contributed by atoms with Crippen molar-refractivity contribution in [2.45, 2.75) is 78.0 Å². The molecular weight excluding hydrogens is 562 g/mol. The molecule has 0 radical (unpaired) electrons. The van der Waals surface area contributed by atoms with Gasteiger partial charge in [-0.25, -0.2) is 9.59 Å². The largest absolute Gasteiger partial charge is 0.490 e. The smallest absolute Gasteiger partial charge is 0.405 e. The quantitative estimate of drug-likeness (QED) is 0.0853. The van der Waals surface area contributed by atoms with Gasteiger partial charge in [0.25, 0.3) is 0 Å². The fourth-order valence-corrected chi connectivity index (χ4v) is 3.94. The van der Waals surface area contributed by atoms with E-state index in [2.05, 4.69) is 10.6 Å². The summed E-state index contributed by atoms with van der Waals surface area (Å²) >= 11 is 5.89. The summed E-state index contributed by atoms with van der Waals surface area (Å²) in [6.45, 7) is 11.1. The molecule has 3 amide bonds. The first-order valence-corrected chi connectivity index (χ1v) is 14.1. The summed E-state index contributed by atoms with van der Waals surface area (Å²) in [7, 11) is 1.43. The van der Waals surface area contributed by atoms with E-state index in [-0.39, 0.29) is 29.6 Å². The van der Waals surface area contributed by atoms with E-state index < -0.39 is 41.4 Å². The van der Waals surface area contributed by atoms with Crippen LogP contribution in [0.1, 0.15) is 54.4 Å². The summed E-state index contributed by atoms with van der Waals surface area (Å²) in [5.74, 6) is -1.11. The van der Waals surface area contributed by atoms with Crippen molar-refractivity contribution in [3.05, 3.63) is 72.2 Å². The van der Waals surface area contributed by atoms with E-state index in [0.29, 0.717) is 6.42 Å². The summed E-state index contributed by atoms with van der Waals surface area (Å²) in [4.78, 5) is 48.5. The number of hydrogen-bond acceptors (Lipinski definition) is 7. The maximum Gasteiger partial charge on any atom is 0.405 e. The zero-order chi connectivity index (χ0) is 31.9. The lowest BCUT2D eigenvalue weighted by molar-refractivity contribution is -0.151. The molecule has 10 nitrogen and oxygen atoms in total. The predicted molar refractivity (Wildman–Crippen MR) is 163 cm³/mol. The highest BCUT2D eigenvalue weighted by molar-refractivity contribution is 6.21. The summed E-state index contributed by atoms with van der Waals surface area (Å²) < 4.78 is 15.4. The van der Waals surface area contributed by atoms with Crippen LogP contribution in [0.15, 0.2) is 72.2 Å². The van der Waals surface area contributed by atoms with Gasteiger partial charge >= 0.3 is 12.1 Å². The molecule has 0 aromatic carbocycles. The Bertz CT molecular complexity index is 1130. The van der Waals surface area contributed by atoms with E-state index in [0.717, 1.165) is 5.57 Å². The van der Waals surface area contributed by atoms with Crippen molar-refractivity contribution in [3.63, 3.8) is 0 Å². The number of halogens is 1. The lowest BCUT2D eigenvalue weighted by atomic mass is 9.86. The number of carbonyl (C=O) groups is 4. The molecule has 0 fully saturated rings. The molecule has 0 aromatic heterocycles. The average molecular weight is 606 g/mol. The van der Waals surface area contributed by atoms with Crippen molar-refractivity contribution < 1.29 is 33.4 Å². The number of nitrogens with one attached hydrogen (secondary N) is 2. The minimum Gasteiger partial charge on any atom is -0.490 e. The van der Waals surface area contributed by atoms with E-state index in [1.807, 2.05) is 46.8 Å². The Kier molecular flexibility index (Phi) is 15.4. The summed E-state index contributed by atoms with van der Waals surface area (Å²) in [5.41, 5.74) is 5.46. The average Bonchev–Trinajstić information content (AvgIpc) is 2.89. The second-order valence-corrected chi connectivity index (χ2v) is 11.6. The van der Waals surface area contributed by atoms with Gasteiger partial charge < -0.3 is 30.6 Å². The third-order valence-corrected chi connectivity index (χ3v) is 6.18. The Morgan fingerprint density at radius 1 is 1.19 bits per heavy atom. The number of rotatable bonds is 14. The van der Waals surface area contributed by atoms with Crippen LogP contribution in [0.25, 0.3) is 0 Å². The molecule has 0 aromatic rings. The van der Waals surface area contributed by atoms with Crippen molar-refractivity contribution in [2.24, 2.45) is 17.1 Å². The van der Waals surface area contributed by atoms with Gasteiger partial charge in [-0.1, -0.05) is 69.7 Å². The van der Waals surface area contributed by atoms with Crippen LogP contribution in [0.2, 0.25) is 0 Å². The number of alkyl halides is 1. The summed E-state index contributed by atoms with van der Waals surface area (Å²) in [6.07, 6.45) is 15.5. The molecule has 0 saturated carbocycles. The highest BCUT2D eigenvalue weighted by atomic mass is 35.5. The molecule has 1 heterocycles. The van der Waals surface area contributed by atoms with Crippen LogP contribution < -0.4 is 16.4 Å². The molecule has 232 valence electrons. The molecule has 1 rings (SSSR count). The van der Waals surface area contributed by atoms with Crippen molar-refractivity contribution in [3.8, 4) is 0 Å². The van der Waals surface area contributed by atoms with Crippen molar-refractivity contribution >= 4 is 35.5 Å². The van der Waals surface area contributed by atoms with Crippen LogP contribution in [0.5, 0.6) is 0 Å². The van der Waals surface area contributed by atoms with E-state index in [1.165, 1.54) is 19.4 Å². The van der Waals surface area contributed by atoms with Gasteiger partial charge in [0.2, 0.25) is 11.8 Å². The van der Waals surface area contributed by atoms with Gasteiger partial charge in [-0.05, 0) is 37.6 Å². The third kappa shape index (κ3) is 14.2. The molecule has 0 spiro atoms. The number of carbonyl (C=O) groups excluding carboxylic acids is 4. The minimum absolute atomic E-state index is 0.0204. The van der Waals surface area contributed by atoms with Crippen molar-refractivity contribution in [2.75, 3.05) is 7.11 Å². The molecular formula is C31H44ClN3O7. The van der Waals surface area contributed by atoms with Gasteiger partial charge in [0.05, 0.1) is 7.11 Å². The van der Waals surface area contributed by atoms with Crippen LogP contribution in [0, 0.1) is 11.3 Å². The van der Waals surface area contributed by atoms with Crippen LogP contribution in [0.3, 0.4) is 0 Å². The van der Waals surface area contributed by atoms with Gasteiger partial charge in [0, 0.05) is 30.2 Å². The normalized spacial score (nSPS) is 19.3. The molecule has 42 heavy (non-hydrogen) atoms. The monoisotopic (exact) mass is 605 g/mol. The molecule has 0 saturated heterocycles. The lowest BCUT2D eigenvalue weighted by Gasteiger charge is -2.29. The molecule has 1 aliphatic heterocycles. The Morgan fingerprint density at radius 3 is 2.43 bits per heavy atom. The van der Waals surface area contributed by atoms with Crippen LogP contribution in [-0.4, -0.2) is 54.6 Å². The minimum atomic E-state index is -0.922. The summed E-state index contributed by atoms with van der Waals surface area (Å²) in [6, 6.07) is -0.828. The Hall–Kier alpha value is -3.79. The summed E-state index contributed by atoms with van der Waals surface area (Å²) in [5, 5.41) is 5.15. The predicted octanol–water partition coefficient (Wildman–Crippen LogP) is 4.73. The highest BCUT2D eigenvalue weighted by Gasteiger charge is 2.32. The molecule has 0 bridgehead atoms. The number of hydrogen-bond donors (Lipinski definition) is 3. The van der Waals surface area contributed by atoms with Gasteiger partial charge in [-0.15, -0.1) is 11.6 Å². The number of ether oxygens (including phenoxy) is 3. The Balaban J connectivity index is 2.71. The highest BCUT2D eigenvalue weighted by Crippen LogP contribution is 2.23. The van der Waals surface area contributed by atoms with E-state index in [1.54, 1.807) is 43.4 Å². The number of allylic oxidation sites excluding steroid dienone is 5. The zero-order valence-corrected chi connectivity index (χ0v) is 26.1. The fraction of sp³-hybridized carbons (Fsp3) is 0.484. The topological polar surface area (TPSA) is 146 Å². The van der Waals surface area contributed by atoms with Crippen LogP contribution in [0.4, 0.5) is 4.79 Å². The van der Waals surface area contributed by atoms with Gasteiger partial charge in [0.15, 0.2) is 5.76 Å². The number of amides is 3. The molecule has 11 heteroatoms. The first-order valence-electron chi connectivity index (χ1n) is 13.7. The fourth-order valence-electron chi connectivity index (χ4n) is 3.85. The first-order chi connectivity index (χ1) is 19.6. The SMILES string of the molecule is COC1=CCC(C(C)/C=C(C)/C=C\C=C/C(=O)NC(C(=O)N/C=C/CC(/C=C/C(C)Cl)OC(N)=O)C(C)(C)C)OC1=O. The lowest BCUT2D eigenvalue weighted by Crippen LogP contribution is -2.52. The maximum atomic E-state index is 12.9. The number of primary amides is 1. The van der Waals surface area contributed by atoms with Gasteiger partial charge in [0.1, 0.15) is 18.2 Å². The maximum absolute atomic E-state index is 12.9.